The summed E-state index contributed by atoms with van der Waals surface area (Å²) >= 11 is 0. The van der Waals surface area contributed by atoms with Crippen LogP contribution in [0.25, 0.3) is 0 Å². The minimum atomic E-state index is 0.210. The zero-order valence-corrected chi connectivity index (χ0v) is 10.4. The van der Waals surface area contributed by atoms with Crippen LogP contribution < -0.4 is 5.73 Å². The second-order valence-electron chi connectivity index (χ2n) is 6.46. The molecule has 2 fully saturated rings. The van der Waals surface area contributed by atoms with Crippen LogP contribution in [0.4, 0.5) is 0 Å². The number of fused-ring (bicyclic) bond motifs is 1. The van der Waals surface area contributed by atoms with E-state index in [9.17, 15) is 0 Å². The van der Waals surface area contributed by atoms with Crippen LogP contribution in [0.1, 0.15) is 55.6 Å². The number of hydrogen-bond acceptors (Lipinski definition) is 1. The Morgan fingerprint density at radius 3 is 2.53 bits per heavy atom. The van der Waals surface area contributed by atoms with Crippen molar-refractivity contribution in [2.24, 2.45) is 11.1 Å². The average molecular weight is 227 g/mol. The highest BCUT2D eigenvalue weighted by Crippen LogP contribution is 2.70. The van der Waals surface area contributed by atoms with Crippen molar-refractivity contribution in [1.29, 1.82) is 0 Å². The van der Waals surface area contributed by atoms with Gasteiger partial charge in [-0.2, -0.15) is 0 Å². The maximum atomic E-state index is 6.57. The Labute approximate surface area is 103 Å². The summed E-state index contributed by atoms with van der Waals surface area (Å²) in [6, 6.07) is 9.10. The van der Waals surface area contributed by atoms with Gasteiger partial charge in [-0.05, 0) is 67.4 Å². The van der Waals surface area contributed by atoms with Gasteiger partial charge in [-0.25, -0.2) is 0 Å². The summed E-state index contributed by atoms with van der Waals surface area (Å²) in [5, 5.41) is 0. The normalized spacial score (nSPS) is 31.7. The molecular formula is C16H21N. The highest BCUT2D eigenvalue weighted by atomic mass is 14.9. The Balaban J connectivity index is 1.77. The molecule has 0 saturated heterocycles. The molecule has 0 aliphatic heterocycles. The summed E-state index contributed by atoms with van der Waals surface area (Å²) in [5.74, 6) is 0.764. The Bertz CT molecular complexity index is 454. The Morgan fingerprint density at radius 1 is 1.06 bits per heavy atom. The molecule has 1 aromatic rings. The van der Waals surface area contributed by atoms with Crippen LogP contribution in [-0.2, 0) is 6.42 Å². The molecule has 1 unspecified atom stereocenters. The third kappa shape index (κ3) is 1.29. The van der Waals surface area contributed by atoms with Gasteiger partial charge in [-0.1, -0.05) is 24.3 Å². The first kappa shape index (κ1) is 10.1. The van der Waals surface area contributed by atoms with Gasteiger partial charge in [0.05, 0.1) is 0 Å². The third-order valence-corrected chi connectivity index (χ3v) is 5.61. The van der Waals surface area contributed by atoms with Gasteiger partial charge in [0, 0.05) is 5.54 Å². The molecule has 90 valence electrons. The maximum Gasteiger partial charge on any atom is 0.0218 e. The predicted molar refractivity (Wildman–Crippen MR) is 69.9 cm³/mol. The topological polar surface area (TPSA) is 26.0 Å². The van der Waals surface area contributed by atoms with E-state index < -0.39 is 0 Å². The monoisotopic (exact) mass is 227 g/mol. The molecule has 0 amide bonds. The summed E-state index contributed by atoms with van der Waals surface area (Å²) in [6.45, 7) is 0. The molecule has 1 aromatic carbocycles. The van der Waals surface area contributed by atoms with Crippen molar-refractivity contribution in [3.8, 4) is 0 Å². The Kier molecular flexibility index (Phi) is 1.87. The summed E-state index contributed by atoms with van der Waals surface area (Å²) in [7, 11) is 0. The molecule has 0 radical (unpaired) electrons. The summed E-state index contributed by atoms with van der Waals surface area (Å²) in [5.41, 5.74) is 10.5. The van der Waals surface area contributed by atoms with Crippen molar-refractivity contribution in [3.63, 3.8) is 0 Å². The molecule has 3 aliphatic carbocycles. The van der Waals surface area contributed by atoms with Crippen molar-refractivity contribution >= 4 is 0 Å². The molecule has 1 heteroatoms. The molecule has 2 N–H and O–H groups in total. The molecule has 4 rings (SSSR count). The second kappa shape index (κ2) is 3.14. The van der Waals surface area contributed by atoms with E-state index in [1.165, 1.54) is 44.9 Å². The number of nitrogens with two attached hydrogens (primary N) is 1. The first-order chi connectivity index (χ1) is 8.25. The van der Waals surface area contributed by atoms with E-state index in [1.54, 1.807) is 11.1 Å². The lowest BCUT2D eigenvalue weighted by atomic mass is 9.70. The smallest absolute Gasteiger partial charge is 0.0218 e. The van der Waals surface area contributed by atoms with Gasteiger partial charge in [-0.15, -0.1) is 0 Å². The van der Waals surface area contributed by atoms with Gasteiger partial charge in [0.1, 0.15) is 0 Å². The van der Waals surface area contributed by atoms with Gasteiger partial charge >= 0.3 is 0 Å². The van der Waals surface area contributed by atoms with Crippen LogP contribution in [0.5, 0.6) is 0 Å². The van der Waals surface area contributed by atoms with Crippen molar-refractivity contribution in [2.45, 2.75) is 56.4 Å². The van der Waals surface area contributed by atoms with Crippen LogP contribution in [0.2, 0.25) is 0 Å². The van der Waals surface area contributed by atoms with Crippen LogP contribution in [0, 0.1) is 5.41 Å². The molecule has 0 aromatic heterocycles. The number of benzene rings is 1. The molecule has 1 nitrogen and oxygen atoms in total. The quantitative estimate of drug-likeness (QED) is 0.823. The zero-order chi connectivity index (χ0) is 11.5. The highest BCUT2D eigenvalue weighted by Gasteiger charge is 2.66. The Hall–Kier alpha value is -0.820. The SMILES string of the molecule is NC1(C2(C3CCCc4ccccc43)CC2)CC1. The fraction of sp³-hybridized carbons (Fsp3) is 0.625. The molecule has 0 heterocycles. The van der Waals surface area contributed by atoms with Crippen LogP contribution in [-0.4, -0.2) is 5.54 Å². The van der Waals surface area contributed by atoms with Crippen LogP contribution in [0.3, 0.4) is 0 Å². The minimum Gasteiger partial charge on any atom is -0.325 e. The predicted octanol–water partition coefficient (Wildman–Crippen LogP) is 3.38. The lowest BCUT2D eigenvalue weighted by molar-refractivity contribution is 0.280. The highest BCUT2D eigenvalue weighted by molar-refractivity contribution is 5.38. The first-order valence-electron chi connectivity index (χ1n) is 7.12. The second-order valence-corrected chi connectivity index (χ2v) is 6.46. The third-order valence-electron chi connectivity index (χ3n) is 5.61. The first-order valence-corrected chi connectivity index (χ1v) is 7.12. The molecule has 0 bridgehead atoms. The summed E-state index contributed by atoms with van der Waals surface area (Å²) in [4.78, 5) is 0. The number of aryl methyl sites for hydroxylation is 1. The standard InChI is InChI=1S/C16H21N/c17-16(10-11-16)15(8-9-15)14-7-3-5-12-4-1-2-6-13(12)14/h1-2,4,6,14H,3,5,7-11,17H2. The van der Waals surface area contributed by atoms with E-state index in [-0.39, 0.29) is 5.54 Å². The zero-order valence-electron chi connectivity index (χ0n) is 10.4. The van der Waals surface area contributed by atoms with Crippen molar-refractivity contribution in [3.05, 3.63) is 35.4 Å². The molecule has 0 spiro atoms. The number of hydrogen-bond donors (Lipinski definition) is 1. The van der Waals surface area contributed by atoms with Gasteiger partial charge in [0.2, 0.25) is 0 Å². The van der Waals surface area contributed by atoms with E-state index in [4.69, 9.17) is 5.73 Å². The Morgan fingerprint density at radius 2 is 1.82 bits per heavy atom. The van der Waals surface area contributed by atoms with E-state index in [2.05, 4.69) is 24.3 Å². The fourth-order valence-corrected chi connectivity index (χ4v) is 4.29. The average Bonchev–Trinajstić information content (AvgIpc) is 3.24. The summed E-state index contributed by atoms with van der Waals surface area (Å²) < 4.78 is 0. The molecule has 1 atom stereocenters. The minimum absolute atomic E-state index is 0.210. The lowest BCUT2D eigenvalue weighted by Crippen LogP contribution is -2.39. The maximum absolute atomic E-state index is 6.57. The molecule has 2 saturated carbocycles. The van der Waals surface area contributed by atoms with Crippen LogP contribution >= 0.6 is 0 Å². The van der Waals surface area contributed by atoms with E-state index in [0.717, 1.165) is 5.92 Å². The van der Waals surface area contributed by atoms with Crippen molar-refractivity contribution in [2.75, 3.05) is 0 Å². The molecule has 3 aliphatic rings. The number of rotatable bonds is 2. The van der Waals surface area contributed by atoms with Gasteiger partial charge in [-0.3, -0.25) is 0 Å². The van der Waals surface area contributed by atoms with E-state index >= 15 is 0 Å². The van der Waals surface area contributed by atoms with E-state index in [1.807, 2.05) is 0 Å². The van der Waals surface area contributed by atoms with Gasteiger partial charge in [0.25, 0.3) is 0 Å². The lowest BCUT2D eigenvalue weighted by Gasteiger charge is -2.36. The molecular weight excluding hydrogens is 206 g/mol. The largest absolute Gasteiger partial charge is 0.325 e. The summed E-state index contributed by atoms with van der Waals surface area (Å²) in [6.07, 6.45) is 9.30. The molecule has 17 heavy (non-hydrogen) atoms. The van der Waals surface area contributed by atoms with Crippen molar-refractivity contribution in [1.82, 2.24) is 0 Å². The van der Waals surface area contributed by atoms with Crippen LogP contribution in [0.15, 0.2) is 24.3 Å². The van der Waals surface area contributed by atoms with Gasteiger partial charge < -0.3 is 5.73 Å². The van der Waals surface area contributed by atoms with Crippen molar-refractivity contribution < 1.29 is 0 Å². The van der Waals surface area contributed by atoms with Gasteiger partial charge in [0.15, 0.2) is 0 Å². The fourth-order valence-electron chi connectivity index (χ4n) is 4.29. The van der Waals surface area contributed by atoms with E-state index in [0.29, 0.717) is 5.41 Å².